The molecule has 1 unspecified atom stereocenters. The van der Waals surface area contributed by atoms with Gasteiger partial charge in [0.25, 0.3) is 10.0 Å². The number of carbonyl (C=O) groups excluding carboxylic acids is 1. The Morgan fingerprint density at radius 1 is 1.41 bits per heavy atom. The average Bonchev–Trinajstić information content (AvgIpc) is 3.25. The van der Waals surface area contributed by atoms with Gasteiger partial charge in [-0.3, -0.25) is 14.9 Å². The number of aliphatic imine (C=N–C) groups is 2. The van der Waals surface area contributed by atoms with Gasteiger partial charge in [-0.2, -0.15) is 5.10 Å². The summed E-state index contributed by atoms with van der Waals surface area (Å²) in [5.74, 6) is 0.602. The zero-order valence-corrected chi connectivity index (χ0v) is 21.5. The Hall–Kier alpha value is -2.57. The van der Waals surface area contributed by atoms with Crippen LogP contribution in [0.3, 0.4) is 0 Å². The molecule has 10 nitrogen and oxygen atoms in total. The van der Waals surface area contributed by atoms with Crippen LogP contribution in [0, 0.1) is 5.92 Å². The zero-order chi connectivity index (χ0) is 24.9. The van der Waals surface area contributed by atoms with E-state index in [1.807, 2.05) is 6.07 Å². The first kappa shape index (κ1) is 26.0. The second-order valence-corrected chi connectivity index (χ2v) is 12.4. The highest BCUT2D eigenvalue weighted by Gasteiger charge is 2.26. The minimum atomic E-state index is -3.59. The molecule has 3 rings (SSSR count). The third-order valence-electron chi connectivity index (χ3n) is 4.83. The highest BCUT2D eigenvalue weighted by atomic mass is 32.2. The summed E-state index contributed by atoms with van der Waals surface area (Å²) in [5.41, 5.74) is 6.73. The van der Waals surface area contributed by atoms with Gasteiger partial charge in [-0.05, 0) is 52.2 Å². The molecule has 2 heterocycles. The van der Waals surface area contributed by atoms with E-state index in [1.54, 1.807) is 39.1 Å². The number of hydrogen-bond donors (Lipinski definition) is 3. The molecule has 2 aromatic heterocycles. The SMILES string of the molecule is CC(=O)OCCC(C=NCc1ccc(S(=O)(=O)NC(C)(C)C)s1)C(N)=Nc1cc(C2CC2)[nH]n1. The number of aromatic nitrogens is 2. The first-order chi connectivity index (χ1) is 15.9. The van der Waals surface area contributed by atoms with E-state index in [4.69, 9.17) is 10.5 Å². The first-order valence-electron chi connectivity index (χ1n) is 11.1. The van der Waals surface area contributed by atoms with Gasteiger partial charge in [0, 0.05) is 41.2 Å². The largest absolute Gasteiger partial charge is 0.466 e. The maximum atomic E-state index is 12.5. The van der Waals surface area contributed by atoms with Crippen LogP contribution in [-0.4, -0.2) is 48.8 Å². The Bertz CT molecular complexity index is 1160. The van der Waals surface area contributed by atoms with Crippen LogP contribution in [0.15, 0.2) is 32.4 Å². The number of carbonyl (C=O) groups is 1. The summed E-state index contributed by atoms with van der Waals surface area (Å²) in [7, 11) is -3.59. The van der Waals surface area contributed by atoms with Crippen molar-refractivity contribution in [2.75, 3.05) is 6.61 Å². The Labute approximate surface area is 204 Å². The number of aromatic amines is 1. The molecule has 1 aliphatic rings. The number of H-pyrrole nitrogens is 1. The number of nitrogens with zero attached hydrogens (tertiary/aromatic N) is 3. The number of nitrogens with two attached hydrogens (primary N) is 1. The van der Waals surface area contributed by atoms with Crippen LogP contribution in [0.1, 0.15) is 63.4 Å². The number of hydrogen-bond acceptors (Lipinski definition) is 8. The van der Waals surface area contributed by atoms with Crippen molar-refractivity contribution in [1.82, 2.24) is 14.9 Å². The molecule has 1 saturated carbocycles. The summed E-state index contributed by atoms with van der Waals surface area (Å²) < 4.78 is 33.0. The van der Waals surface area contributed by atoms with E-state index in [9.17, 15) is 13.2 Å². The predicted octanol–water partition coefficient (Wildman–Crippen LogP) is 3.25. The molecule has 186 valence electrons. The number of esters is 1. The Balaban J connectivity index is 1.68. The molecule has 2 aromatic rings. The van der Waals surface area contributed by atoms with Gasteiger partial charge in [-0.25, -0.2) is 18.1 Å². The molecule has 1 fully saturated rings. The monoisotopic (exact) mass is 508 g/mol. The Kier molecular flexibility index (Phi) is 8.26. The summed E-state index contributed by atoms with van der Waals surface area (Å²) in [5, 5.41) is 7.20. The van der Waals surface area contributed by atoms with Crippen molar-refractivity contribution in [2.45, 2.75) is 69.2 Å². The van der Waals surface area contributed by atoms with Crippen molar-refractivity contribution in [1.29, 1.82) is 0 Å². The van der Waals surface area contributed by atoms with Gasteiger partial charge in [0.1, 0.15) is 10.0 Å². The maximum Gasteiger partial charge on any atom is 0.302 e. The number of thiophene rings is 1. The second kappa shape index (κ2) is 10.8. The lowest BCUT2D eigenvalue weighted by atomic mass is 10.1. The van der Waals surface area contributed by atoms with Crippen molar-refractivity contribution >= 4 is 45.2 Å². The molecule has 12 heteroatoms. The molecule has 0 saturated heterocycles. The van der Waals surface area contributed by atoms with Gasteiger partial charge in [0.15, 0.2) is 5.82 Å². The van der Waals surface area contributed by atoms with Crippen LogP contribution in [0.5, 0.6) is 0 Å². The third kappa shape index (κ3) is 8.03. The van der Waals surface area contributed by atoms with Crippen molar-refractivity contribution in [3.63, 3.8) is 0 Å². The van der Waals surface area contributed by atoms with E-state index in [2.05, 4.69) is 24.9 Å². The predicted molar refractivity (Wildman–Crippen MR) is 133 cm³/mol. The van der Waals surface area contributed by atoms with Crippen LogP contribution < -0.4 is 10.5 Å². The fraction of sp³-hybridized carbons (Fsp3) is 0.545. The molecule has 0 aromatic carbocycles. The summed E-state index contributed by atoms with van der Waals surface area (Å²) in [4.78, 5) is 20.8. The summed E-state index contributed by atoms with van der Waals surface area (Å²) in [6.07, 6.45) is 4.38. The molecule has 34 heavy (non-hydrogen) atoms. The topological polar surface area (TPSA) is 152 Å². The summed E-state index contributed by atoms with van der Waals surface area (Å²) in [6.45, 7) is 7.20. The number of ether oxygens (including phenoxy) is 1. The van der Waals surface area contributed by atoms with Crippen LogP contribution in [0.25, 0.3) is 0 Å². The minimum Gasteiger partial charge on any atom is -0.466 e. The third-order valence-corrected chi connectivity index (χ3v) is 8.15. The molecule has 0 bridgehead atoms. The van der Waals surface area contributed by atoms with Gasteiger partial charge >= 0.3 is 5.97 Å². The normalized spacial score (nSPS) is 16.2. The molecule has 4 N–H and O–H groups in total. The smallest absolute Gasteiger partial charge is 0.302 e. The lowest BCUT2D eigenvalue weighted by Gasteiger charge is -2.19. The lowest BCUT2D eigenvalue weighted by Crippen LogP contribution is -2.40. The van der Waals surface area contributed by atoms with E-state index in [0.717, 1.165) is 23.4 Å². The Morgan fingerprint density at radius 2 is 2.15 bits per heavy atom. The first-order valence-corrected chi connectivity index (χ1v) is 13.4. The van der Waals surface area contributed by atoms with Crippen LogP contribution in [0.4, 0.5) is 5.82 Å². The van der Waals surface area contributed by atoms with E-state index in [1.165, 1.54) is 18.3 Å². The lowest BCUT2D eigenvalue weighted by molar-refractivity contribution is -0.141. The van der Waals surface area contributed by atoms with Gasteiger partial charge in [0.05, 0.1) is 19.1 Å². The Morgan fingerprint density at radius 3 is 2.79 bits per heavy atom. The number of rotatable bonds is 11. The van der Waals surface area contributed by atoms with E-state index in [0.29, 0.717) is 30.5 Å². The molecular formula is C22H32N6O4S2. The molecule has 0 amide bonds. The molecular weight excluding hydrogens is 476 g/mol. The molecule has 0 spiro atoms. The summed E-state index contributed by atoms with van der Waals surface area (Å²) >= 11 is 1.17. The van der Waals surface area contributed by atoms with Crippen LogP contribution in [-0.2, 0) is 26.1 Å². The van der Waals surface area contributed by atoms with E-state index >= 15 is 0 Å². The van der Waals surface area contributed by atoms with Gasteiger partial charge in [0.2, 0.25) is 0 Å². The van der Waals surface area contributed by atoms with Crippen molar-refractivity contribution in [2.24, 2.45) is 21.6 Å². The fourth-order valence-electron chi connectivity index (χ4n) is 3.14. The van der Waals surface area contributed by atoms with Crippen LogP contribution in [0.2, 0.25) is 0 Å². The highest BCUT2D eigenvalue weighted by Crippen LogP contribution is 2.39. The van der Waals surface area contributed by atoms with Gasteiger partial charge in [-0.15, -0.1) is 11.3 Å². The van der Waals surface area contributed by atoms with Crippen molar-refractivity contribution in [3.8, 4) is 0 Å². The standard InChI is InChI=1S/C22H32N6O4S2/c1-14(29)32-10-9-16(21(23)25-19-11-18(26-27-19)15-5-6-15)12-24-13-17-7-8-20(33-17)34(30,31)28-22(2,3)4/h7-8,11-12,15-16,28H,5-6,9-10,13H2,1-4H3,(H3,23,25,26,27). The van der Waals surface area contributed by atoms with Gasteiger partial charge in [-0.1, -0.05) is 0 Å². The quantitative estimate of drug-likeness (QED) is 0.241. The van der Waals surface area contributed by atoms with E-state index in [-0.39, 0.29) is 22.7 Å². The minimum absolute atomic E-state index is 0.177. The number of amidine groups is 1. The summed E-state index contributed by atoms with van der Waals surface area (Å²) in [6, 6.07) is 5.21. The number of nitrogens with one attached hydrogen (secondary N) is 2. The fourth-order valence-corrected chi connectivity index (χ4v) is 5.85. The van der Waals surface area contributed by atoms with Gasteiger partial charge < -0.3 is 10.5 Å². The highest BCUT2D eigenvalue weighted by molar-refractivity contribution is 7.91. The van der Waals surface area contributed by atoms with Crippen molar-refractivity contribution in [3.05, 3.63) is 28.8 Å². The second-order valence-electron chi connectivity index (χ2n) is 9.29. The molecule has 1 aliphatic carbocycles. The van der Waals surface area contributed by atoms with Crippen molar-refractivity contribution < 1.29 is 17.9 Å². The molecule has 0 radical (unpaired) electrons. The molecule has 0 aliphatic heterocycles. The maximum absolute atomic E-state index is 12.5. The van der Waals surface area contributed by atoms with E-state index < -0.39 is 15.6 Å². The molecule has 1 atom stereocenters. The zero-order valence-electron chi connectivity index (χ0n) is 19.9. The number of sulfonamides is 1. The van der Waals surface area contributed by atoms with Crippen LogP contribution >= 0.6 is 11.3 Å². The average molecular weight is 509 g/mol.